The van der Waals surface area contributed by atoms with Crippen LogP contribution in [0.4, 0.5) is 0 Å². The Balaban J connectivity index is 1.13. The van der Waals surface area contributed by atoms with Gasteiger partial charge in [-0.05, 0) is 52.9 Å². The Bertz CT molecular complexity index is 1660. The third kappa shape index (κ3) is 6.62. The lowest BCUT2D eigenvalue weighted by molar-refractivity contribution is -0.147. The standard InChI is InChI=1S/C28H28N4O6S/c33-26(31-28-29-15-4-16-30-28)13-10-19-9-12-24-21(17-19)18-22(37-24)11-14-27(34)38-32-39(35,36)25-8-3-6-20-5-1-2-7-23(20)25/h1-3,5-9,12,17-18,32H,4,10-11,13-16H2,(H2,29,30,31,33). The summed E-state index contributed by atoms with van der Waals surface area (Å²) >= 11 is 0. The van der Waals surface area contributed by atoms with Crippen molar-refractivity contribution in [3.63, 3.8) is 0 Å². The van der Waals surface area contributed by atoms with Crippen molar-refractivity contribution in [1.29, 1.82) is 0 Å². The molecule has 0 radical (unpaired) electrons. The van der Waals surface area contributed by atoms with Gasteiger partial charge < -0.3 is 14.6 Å². The number of hydrogen-bond donors (Lipinski definition) is 3. The molecule has 1 aliphatic rings. The van der Waals surface area contributed by atoms with Gasteiger partial charge >= 0.3 is 5.97 Å². The highest BCUT2D eigenvalue weighted by atomic mass is 32.2. The zero-order valence-corrected chi connectivity index (χ0v) is 21.9. The minimum absolute atomic E-state index is 0.0263. The molecular weight excluding hydrogens is 520 g/mol. The number of guanidine groups is 1. The van der Waals surface area contributed by atoms with Crippen LogP contribution in [0.3, 0.4) is 0 Å². The number of fused-ring (bicyclic) bond motifs is 2. The quantitative estimate of drug-likeness (QED) is 0.273. The van der Waals surface area contributed by atoms with E-state index in [0.29, 0.717) is 42.1 Å². The van der Waals surface area contributed by atoms with Gasteiger partial charge in [0.05, 0.1) is 11.3 Å². The van der Waals surface area contributed by atoms with Crippen LogP contribution in [0.5, 0.6) is 0 Å². The maximum atomic E-state index is 12.7. The zero-order valence-electron chi connectivity index (χ0n) is 21.1. The molecular formula is C28H28N4O6S. The predicted molar refractivity (Wildman–Crippen MR) is 146 cm³/mol. The minimum atomic E-state index is -4.07. The van der Waals surface area contributed by atoms with E-state index in [9.17, 15) is 18.0 Å². The number of sulfonamides is 1. The summed E-state index contributed by atoms with van der Waals surface area (Å²) in [6, 6.07) is 19.4. The Morgan fingerprint density at radius 1 is 0.974 bits per heavy atom. The fourth-order valence-corrected chi connectivity index (χ4v) is 5.37. The first-order chi connectivity index (χ1) is 18.9. The number of aryl methyl sites for hydroxylation is 2. The van der Waals surface area contributed by atoms with Crippen LogP contribution in [0.25, 0.3) is 21.7 Å². The second kappa shape index (κ2) is 11.7. The second-order valence-electron chi connectivity index (χ2n) is 9.18. The van der Waals surface area contributed by atoms with Crippen LogP contribution in [0.1, 0.15) is 30.6 Å². The maximum Gasteiger partial charge on any atom is 0.326 e. The molecule has 5 rings (SSSR count). The molecule has 2 heterocycles. The molecule has 3 aromatic carbocycles. The van der Waals surface area contributed by atoms with E-state index in [2.05, 4.69) is 15.6 Å². The van der Waals surface area contributed by atoms with Crippen molar-refractivity contribution in [3.05, 3.63) is 78.1 Å². The van der Waals surface area contributed by atoms with Gasteiger partial charge in [0.25, 0.3) is 10.0 Å². The van der Waals surface area contributed by atoms with Crippen LogP contribution < -0.4 is 15.5 Å². The summed E-state index contributed by atoms with van der Waals surface area (Å²) in [5, 5.41) is 7.99. The average molecular weight is 549 g/mol. The summed E-state index contributed by atoms with van der Waals surface area (Å²) < 4.78 is 31.3. The molecule has 3 N–H and O–H groups in total. The summed E-state index contributed by atoms with van der Waals surface area (Å²) in [4.78, 5) is 35.6. The van der Waals surface area contributed by atoms with E-state index in [-0.39, 0.29) is 23.6 Å². The van der Waals surface area contributed by atoms with Gasteiger partial charge in [0.1, 0.15) is 11.3 Å². The lowest BCUT2D eigenvalue weighted by atomic mass is 10.1. The van der Waals surface area contributed by atoms with Crippen molar-refractivity contribution in [2.45, 2.75) is 37.0 Å². The summed E-state index contributed by atoms with van der Waals surface area (Å²) in [5.41, 5.74) is 1.63. The number of aliphatic imine (C=N–C) groups is 1. The minimum Gasteiger partial charge on any atom is -0.461 e. The van der Waals surface area contributed by atoms with Gasteiger partial charge in [0.2, 0.25) is 5.91 Å². The summed E-state index contributed by atoms with van der Waals surface area (Å²) in [6.07, 6.45) is 1.98. The second-order valence-corrected chi connectivity index (χ2v) is 10.8. The summed E-state index contributed by atoms with van der Waals surface area (Å²) in [7, 11) is -4.07. The smallest absolute Gasteiger partial charge is 0.326 e. The van der Waals surface area contributed by atoms with Gasteiger partial charge in [-0.25, -0.2) is 8.42 Å². The molecule has 39 heavy (non-hydrogen) atoms. The van der Waals surface area contributed by atoms with Gasteiger partial charge in [-0.1, -0.05) is 42.5 Å². The van der Waals surface area contributed by atoms with Crippen LogP contribution in [0.2, 0.25) is 0 Å². The highest BCUT2D eigenvalue weighted by Gasteiger charge is 2.20. The number of hydrogen-bond acceptors (Lipinski definition) is 8. The Labute approximate surface area is 225 Å². The van der Waals surface area contributed by atoms with Crippen LogP contribution in [-0.4, -0.2) is 39.3 Å². The van der Waals surface area contributed by atoms with Crippen molar-refractivity contribution in [1.82, 2.24) is 15.5 Å². The Kier molecular flexibility index (Phi) is 7.89. The van der Waals surface area contributed by atoms with E-state index in [1.165, 1.54) is 6.07 Å². The first-order valence-corrected chi connectivity index (χ1v) is 14.1. The monoisotopic (exact) mass is 548 g/mol. The Morgan fingerprint density at radius 2 is 1.82 bits per heavy atom. The third-order valence-electron chi connectivity index (χ3n) is 6.31. The normalized spacial score (nSPS) is 13.6. The van der Waals surface area contributed by atoms with E-state index >= 15 is 0 Å². The van der Waals surface area contributed by atoms with E-state index < -0.39 is 16.0 Å². The molecule has 11 heteroatoms. The number of furan rings is 1. The molecule has 0 spiro atoms. The van der Waals surface area contributed by atoms with Gasteiger partial charge in [-0.3, -0.25) is 19.9 Å². The zero-order chi connectivity index (χ0) is 27.2. The maximum absolute atomic E-state index is 12.7. The molecule has 10 nitrogen and oxygen atoms in total. The number of nitrogens with zero attached hydrogens (tertiary/aromatic N) is 1. The van der Waals surface area contributed by atoms with Crippen molar-refractivity contribution >= 4 is 49.6 Å². The SMILES string of the molecule is O=C(CCc1ccc2oc(CCC(=O)ONS(=O)(=O)c3cccc4ccccc34)cc2c1)NC1=NCCCN1. The highest BCUT2D eigenvalue weighted by molar-refractivity contribution is 7.89. The van der Waals surface area contributed by atoms with Gasteiger partial charge in [0.15, 0.2) is 5.96 Å². The van der Waals surface area contributed by atoms with Crippen molar-refractivity contribution in [3.8, 4) is 0 Å². The summed E-state index contributed by atoms with van der Waals surface area (Å²) in [6.45, 7) is 1.51. The molecule has 0 atom stereocenters. The fourth-order valence-electron chi connectivity index (χ4n) is 4.35. The lowest BCUT2D eigenvalue weighted by Crippen LogP contribution is -2.43. The number of carbonyl (C=O) groups is 2. The fraction of sp³-hybridized carbons (Fsp3) is 0.250. The van der Waals surface area contributed by atoms with Crippen LogP contribution in [0.15, 0.2) is 81.0 Å². The Morgan fingerprint density at radius 3 is 2.67 bits per heavy atom. The molecule has 0 bridgehead atoms. The third-order valence-corrected chi connectivity index (χ3v) is 7.55. The first-order valence-electron chi connectivity index (χ1n) is 12.7. The number of benzene rings is 3. The van der Waals surface area contributed by atoms with E-state index in [1.54, 1.807) is 30.3 Å². The lowest BCUT2D eigenvalue weighted by Gasteiger charge is -2.14. The Hall–Kier alpha value is -4.22. The van der Waals surface area contributed by atoms with E-state index in [1.807, 2.05) is 35.2 Å². The molecule has 4 aromatic rings. The largest absolute Gasteiger partial charge is 0.461 e. The molecule has 0 saturated heterocycles. The average Bonchev–Trinajstić information content (AvgIpc) is 3.36. The predicted octanol–water partition coefficient (Wildman–Crippen LogP) is 3.35. The van der Waals surface area contributed by atoms with Gasteiger partial charge in [0, 0.05) is 36.7 Å². The molecule has 0 fully saturated rings. The molecule has 0 aliphatic carbocycles. The van der Waals surface area contributed by atoms with Crippen LogP contribution in [-0.2, 0) is 37.3 Å². The number of amides is 1. The van der Waals surface area contributed by atoms with Gasteiger partial charge in [-0.2, -0.15) is 0 Å². The number of rotatable bonds is 9. The van der Waals surface area contributed by atoms with Crippen molar-refractivity contribution < 1.29 is 27.3 Å². The van der Waals surface area contributed by atoms with Crippen molar-refractivity contribution in [2.75, 3.05) is 13.1 Å². The number of carbonyl (C=O) groups excluding carboxylic acids is 2. The molecule has 1 aromatic heterocycles. The first kappa shape index (κ1) is 26.4. The summed E-state index contributed by atoms with van der Waals surface area (Å²) in [5.74, 6) is 0.255. The highest BCUT2D eigenvalue weighted by Crippen LogP contribution is 2.24. The van der Waals surface area contributed by atoms with Crippen LogP contribution >= 0.6 is 0 Å². The number of nitrogens with one attached hydrogen (secondary N) is 3. The molecule has 1 amide bonds. The van der Waals surface area contributed by atoms with Crippen LogP contribution in [0, 0.1) is 0 Å². The molecule has 0 saturated carbocycles. The molecule has 202 valence electrons. The topological polar surface area (TPSA) is 139 Å². The molecule has 1 aliphatic heterocycles. The van der Waals surface area contributed by atoms with Gasteiger partial charge in [-0.15, -0.1) is 0 Å². The van der Waals surface area contributed by atoms with E-state index in [4.69, 9.17) is 9.25 Å². The molecule has 0 unspecified atom stereocenters. The van der Waals surface area contributed by atoms with Crippen molar-refractivity contribution in [2.24, 2.45) is 4.99 Å². The van der Waals surface area contributed by atoms with E-state index in [0.717, 1.165) is 29.3 Å².